The number of carbonyl (C=O) groups excluding carboxylic acids is 1. The predicted octanol–water partition coefficient (Wildman–Crippen LogP) is 0.0484. The number of hydrogen-bond acceptors (Lipinski definition) is 3. The molecule has 1 aliphatic heterocycles. The highest BCUT2D eigenvalue weighted by atomic mass is 16.2. The van der Waals surface area contributed by atoms with Crippen molar-refractivity contribution in [3.8, 4) is 0 Å². The van der Waals surface area contributed by atoms with Crippen LogP contribution in [-0.4, -0.2) is 59.5 Å². The minimum Gasteiger partial charge on any atom is -0.344 e. The molecule has 2 heterocycles. The van der Waals surface area contributed by atoms with Crippen LogP contribution in [0.4, 0.5) is 0 Å². The summed E-state index contributed by atoms with van der Waals surface area (Å²) in [4.78, 5) is 16.7. The fraction of sp³-hybridized carbons (Fsp3) is 0.615. The number of amides is 1. The zero-order valence-corrected chi connectivity index (χ0v) is 11.4. The number of rotatable bonds is 2. The van der Waals surface area contributed by atoms with Crippen LogP contribution < -0.4 is 5.73 Å². The quantitative estimate of drug-likeness (QED) is 0.807. The Kier molecular flexibility index (Phi) is 3.73. The molecule has 1 saturated heterocycles. The normalized spacial score (nSPS) is 21.3. The van der Waals surface area contributed by atoms with Crippen LogP contribution >= 0.6 is 0 Å². The lowest BCUT2D eigenvalue weighted by Crippen LogP contribution is -2.57. The molecule has 0 radical (unpaired) electrons. The van der Waals surface area contributed by atoms with Gasteiger partial charge in [0.05, 0.1) is 6.04 Å². The molecule has 1 atom stereocenters. The molecule has 1 aromatic heterocycles. The first kappa shape index (κ1) is 13.1. The zero-order chi connectivity index (χ0) is 13.3. The van der Waals surface area contributed by atoms with Gasteiger partial charge in [0.25, 0.3) is 5.91 Å². The lowest BCUT2D eigenvalue weighted by atomic mass is 10.1. The molecule has 0 aromatic carbocycles. The first-order valence-corrected chi connectivity index (χ1v) is 6.36. The van der Waals surface area contributed by atoms with Crippen molar-refractivity contribution < 1.29 is 4.79 Å². The Morgan fingerprint density at radius 3 is 2.67 bits per heavy atom. The van der Waals surface area contributed by atoms with Crippen molar-refractivity contribution in [1.82, 2.24) is 14.4 Å². The van der Waals surface area contributed by atoms with Gasteiger partial charge in [0, 0.05) is 38.9 Å². The third-order valence-electron chi connectivity index (χ3n) is 3.81. The average molecular weight is 250 g/mol. The highest BCUT2D eigenvalue weighted by Gasteiger charge is 2.29. The van der Waals surface area contributed by atoms with E-state index in [-0.39, 0.29) is 11.9 Å². The Hall–Kier alpha value is -1.33. The number of aryl methyl sites for hydroxylation is 1. The van der Waals surface area contributed by atoms with E-state index in [0.29, 0.717) is 6.54 Å². The van der Waals surface area contributed by atoms with E-state index in [1.54, 1.807) is 0 Å². The van der Waals surface area contributed by atoms with E-state index in [1.807, 2.05) is 35.6 Å². The summed E-state index contributed by atoms with van der Waals surface area (Å²) in [7, 11) is 3.99. The summed E-state index contributed by atoms with van der Waals surface area (Å²) in [5.74, 6) is 0.0918. The van der Waals surface area contributed by atoms with Gasteiger partial charge < -0.3 is 20.1 Å². The van der Waals surface area contributed by atoms with E-state index >= 15 is 0 Å². The van der Waals surface area contributed by atoms with Crippen LogP contribution in [0.15, 0.2) is 12.1 Å². The van der Waals surface area contributed by atoms with Crippen LogP contribution in [0, 0.1) is 6.92 Å². The minimum absolute atomic E-state index is 0.0918. The summed E-state index contributed by atoms with van der Waals surface area (Å²) in [5, 5.41) is 0. The highest BCUT2D eigenvalue weighted by Crippen LogP contribution is 2.14. The third kappa shape index (κ3) is 2.28. The zero-order valence-electron chi connectivity index (χ0n) is 11.4. The molecule has 0 saturated carbocycles. The highest BCUT2D eigenvalue weighted by molar-refractivity contribution is 5.93. The van der Waals surface area contributed by atoms with Crippen LogP contribution in [0.25, 0.3) is 0 Å². The Labute approximate surface area is 108 Å². The smallest absolute Gasteiger partial charge is 0.270 e. The summed E-state index contributed by atoms with van der Waals surface area (Å²) >= 11 is 0. The molecule has 0 spiro atoms. The van der Waals surface area contributed by atoms with Crippen LogP contribution in [0.1, 0.15) is 16.2 Å². The van der Waals surface area contributed by atoms with E-state index < -0.39 is 0 Å². The van der Waals surface area contributed by atoms with E-state index in [4.69, 9.17) is 5.73 Å². The van der Waals surface area contributed by atoms with Crippen molar-refractivity contribution in [1.29, 1.82) is 0 Å². The van der Waals surface area contributed by atoms with Crippen LogP contribution in [0.3, 0.4) is 0 Å². The molecule has 2 rings (SSSR count). The number of hydrogen-bond donors (Lipinski definition) is 1. The van der Waals surface area contributed by atoms with Gasteiger partial charge in [0.1, 0.15) is 5.69 Å². The van der Waals surface area contributed by atoms with Crippen molar-refractivity contribution >= 4 is 5.91 Å². The second-order valence-corrected chi connectivity index (χ2v) is 5.07. The van der Waals surface area contributed by atoms with Gasteiger partial charge in [-0.3, -0.25) is 4.79 Å². The molecule has 0 aliphatic carbocycles. The summed E-state index contributed by atoms with van der Waals surface area (Å²) in [6, 6.07) is 3.98. The number of nitrogens with zero attached hydrogens (tertiary/aromatic N) is 3. The Balaban J connectivity index is 2.20. The van der Waals surface area contributed by atoms with Crippen molar-refractivity contribution in [3.63, 3.8) is 0 Å². The third-order valence-corrected chi connectivity index (χ3v) is 3.81. The van der Waals surface area contributed by atoms with Crippen LogP contribution in [0.2, 0.25) is 0 Å². The van der Waals surface area contributed by atoms with Crippen LogP contribution in [0.5, 0.6) is 0 Å². The number of nitrogens with two attached hydrogens (primary N) is 1. The van der Waals surface area contributed by atoms with E-state index in [9.17, 15) is 4.79 Å². The van der Waals surface area contributed by atoms with Gasteiger partial charge in [0.15, 0.2) is 0 Å². The standard InChI is InChI=1S/C13H22N4O/c1-10-4-5-12(16(10)3)13(18)17-7-6-15(2)9-11(17)8-14/h4-5,11H,6-9,14H2,1-3H3. The Morgan fingerprint density at radius 1 is 1.39 bits per heavy atom. The van der Waals surface area contributed by atoms with Gasteiger partial charge in [-0.15, -0.1) is 0 Å². The van der Waals surface area contributed by atoms with E-state index in [2.05, 4.69) is 11.9 Å². The maximum Gasteiger partial charge on any atom is 0.270 e. The largest absolute Gasteiger partial charge is 0.344 e. The second kappa shape index (κ2) is 5.12. The molecule has 1 unspecified atom stereocenters. The topological polar surface area (TPSA) is 54.5 Å². The lowest BCUT2D eigenvalue weighted by Gasteiger charge is -2.39. The number of piperazine rings is 1. The predicted molar refractivity (Wildman–Crippen MR) is 71.5 cm³/mol. The molecule has 5 heteroatoms. The van der Waals surface area contributed by atoms with Crippen molar-refractivity contribution in [2.24, 2.45) is 12.8 Å². The molecule has 1 aromatic rings. The molecular formula is C13H22N4O. The van der Waals surface area contributed by atoms with Gasteiger partial charge in [-0.05, 0) is 26.1 Å². The summed E-state index contributed by atoms with van der Waals surface area (Å²) in [6.07, 6.45) is 0. The second-order valence-electron chi connectivity index (χ2n) is 5.07. The van der Waals surface area contributed by atoms with Gasteiger partial charge >= 0.3 is 0 Å². The fourth-order valence-electron chi connectivity index (χ4n) is 2.45. The molecule has 100 valence electrons. The summed E-state index contributed by atoms with van der Waals surface area (Å²) in [6.45, 7) is 5.03. The molecule has 5 nitrogen and oxygen atoms in total. The van der Waals surface area contributed by atoms with Crippen molar-refractivity contribution in [2.45, 2.75) is 13.0 Å². The van der Waals surface area contributed by atoms with Gasteiger partial charge in [-0.2, -0.15) is 0 Å². The first-order valence-electron chi connectivity index (χ1n) is 6.36. The summed E-state index contributed by atoms with van der Waals surface area (Å²) in [5.41, 5.74) is 7.63. The lowest BCUT2D eigenvalue weighted by molar-refractivity contribution is 0.0506. The van der Waals surface area contributed by atoms with Gasteiger partial charge in [-0.1, -0.05) is 0 Å². The van der Waals surface area contributed by atoms with Crippen molar-refractivity contribution in [3.05, 3.63) is 23.5 Å². The molecule has 1 aliphatic rings. The number of aromatic nitrogens is 1. The molecule has 1 fully saturated rings. The molecule has 18 heavy (non-hydrogen) atoms. The molecule has 2 N–H and O–H groups in total. The number of carbonyl (C=O) groups is 1. The number of likely N-dealkylation sites (N-methyl/N-ethyl adjacent to an activating group) is 1. The monoisotopic (exact) mass is 250 g/mol. The van der Waals surface area contributed by atoms with E-state index in [1.165, 1.54) is 0 Å². The Morgan fingerprint density at radius 2 is 2.11 bits per heavy atom. The van der Waals surface area contributed by atoms with Crippen molar-refractivity contribution in [2.75, 3.05) is 33.2 Å². The maximum absolute atomic E-state index is 12.5. The van der Waals surface area contributed by atoms with Gasteiger partial charge in [-0.25, -0.2) is 0 Å². The maximum atomic E-state index is 12.5. The Bertz CT molecular complexity index is 440. The van der Waals surface area contributed by atoms with Crippen LogP contribution in [-0.2, 0) is 7.05 Å². The molecular weight excluding hydrogens is 228 g/mol. The molecule has 1 amide bonds. The summed E-state index contributed by atoms with van der Waals surface area (Å²) < 4.78 is 1.94. The van der Waals surface area contributed by atoms with E-state index in [0.717, 1.165) is 31.0 Å². The fourth-order valence-corrected chi connectivity index (χ4v) is 2.45. The van der Waals surface area contributed by atoms with Gasteiger partial charge in [0.2, 0.25) is 0 Å². The first-order chi connectivity index (χ1) is 8.54. The average Bonchev–Trinajstić information content (AvgIpc) is 2.69. The SMILES string of the molecule is Cc1ccc(C(=O)N2CCN(C)CC2CN)n1C. The molecule has 0 bridgehead atoms. The minimum atomic E-state index is 0.0918.